The van der Waals surface area contributed by atoms with Crippen molar-refractivity contribution in [3.63, 3.8) is 0 Å². The second-order valence-electron chi connectivity index (χ2n) is 5.31. The average Bonchev–Trinajstić information content (AvgIpc) is 2.46. The van der Waals surface area contributed by atoms with Crippen molar-refractivity contribution in [2.24, 2.45) is 0 Å². The Kier molecular flexibility index (Phi) is 3.57. The molecule has 3 rings (SSSR count). The van der Waals surface area contributed by atoms with Crippen LogP contribution in [0.25, 0.3) is 0 Å². The van der Waals surface area contributed by atoms with Gasteiger partial charge in [0.15, 0.2) is 0 Å². The molecule has 0 saturated heterocycles. The van der Waals surface area contributed by atoms with Gasteiger partial charge in [0.05, 0.1) is 10.0 Å². The van der Waals surface area contributed by atoms with E-state index in [0.29, 0.717) is 10.0 Å². The Balaban J connectivity index is 2.12. The van der Waals surface area contributed by atoms with Crippen LogP contribution in [0, 0.1) is 5.41 Å². The van der Waals surface area contributed by atoms with Crippen molar-refractivity contribution in [2.75, 3.05) is 0 Å². The number of nitrogens with one attached hydrogen (secondary N) is 1. The van der Waals surface area contributed by atoms with Gasteiger partial charge in [0.1, 0.15) is 0 Å². The molecule has 2 atom stereocenters. The molecule has 102 valence electrons. The van der Waals surface area contributed by atoms with Crippen LogP contribution in [0.5, 0.6) is 0 Å². The van der Waals surface area contributed by atoms with Gasteiger partial charge in [-0.1, -0.05) is 60.5 Å². The number of benzene rings is 2. The lowest BCUT2D eigenvalue weighted by molar-refractivity contribution is 0.757. The van der Waals surface area contributed by atoms with Gasteiger partial charge < -0.3 is 5.41 Å². The molecular formula is C17H15Cl2N. The third kappa shape index (κ3) is 2.25. The van der Waals surface area contributed by atoms with Gasteiger partial charge in [0.25, 0.3) is 0 Å². The summed E-state index contributed by atoms with van der Waals surface area (Å²) in [5, 5.41) is 9.39. The van der Waals surface area contributed by atoms with Gasteiger partial charge in [-0.15, -0.1) is 0 Å². The van der Waals surface area contributed by atoms with Crippen LogP contribution in [0.3, 0.4) is 0 Å². The van der Waals surface area contributed by atoms with E-state index in [-0.39, 0.29) is 11.8 Å². The minimum atomic E-state index is 0.199. The minimum absolute atomic E-state index is 0.199. The van der Waals surface area contributed by atoms with E-state index in [4.69, 9.17) is 28.6 Å². The van der Waals surface area contributed by atoms with Crippen LogP contribution >= 0.6 is 23.2 Å². The molecule has 2 aromatic carbocycles. The molecule has 0 saturated carbocycles. The maximum atomic E-state index is 8.24. The number of fused-ring (bicyclic) bond motifs is 1. The first kappa shape index (κ1) is 13.7. The fraction of sp³-hybridized carbons (Fsp3) is 0.235. The summed E-state index contributed by atoms with van der Waals surface area (Å²) in [4.78, 5) is 0. The lowest BCUT2D eigenvalue weighted by Crippen LogP contribution is -2.22. The molecule has 20 heavy (non-hydrogen) atoms. The number of hydrogen-bond acceptors (Lipinski definition) is 1. The third-order valence-electron chi connectivity index (χ3n) is 4.13. The van der Waals surface area contributed by atoms with E-state index in [2.05, 4.69) is 25.1 Å². The van der Waals surface area contributed by atoms with Crippen LogP contribution in [-0.4, -0.2) is 5.71 Å². The highest BCUT2D eigenvalue weighted by atomic mass is 35.5. The van der Waals surface area contributed by atoms with Crippen LogP contribution < -0.4 is 0 Å². The Morgan fingerprint density at radius 2 is 1.70 bits per heavy atom. The summed E-state index contributed by atoms with van der Waals surface area (Å²) in [5.74, 6) is 0.398. The highest BCUT2D eigenvalue weighted by molar-refractivity contribution is 6.42. The third-order valence-corrected chi connectivity index (χ3v) is 4.87. The van der Waals surface area contributed by atoms with Crippen molar-refractivity contribution in [1.82, 2.24) is 0 Å². The van der Waals surface area contributed by atoms with Gasteiger partial charge in [-0.05, 0) is 35.2 Å². The molecule has 1 aliphatic rings. The van der Waals surface area contributed by atoms with Crippen LogP contribution in [-0.2, 0) is 0 Å². The van der Waals surface area contributed by atoms with Crippen LogP contribution in [0.15, 0.2) is 42.5 Å². The van der Waals surface area contributed by atoms with Crippen molar-refractivity contribution in [2.45, 2.75) is 25.2 Å². The molecule has 1 aliphatic carbocycles. The summed E-state index contributed by atoms with van der Waals surface area (Å²) in [7, 11) is 0. The van der Waals surface area contributed by atoms with E-state index < -0.39 is 0 Å². The summed E-state index contributed by atoms with van der Waals surface area (Å²) >= 11 is 12.1. The molecule has 0 aromatic heterocycles. The van der Waals surface area contributed by atoms with Crippen molar-refractivity contribution < 1.29 is 0 Å². The smallest absolute Gasteiger partial charge is 0.0595 e. The largest absolute Gasteiger partial charge is 0.309 e. The first-order valence-corrected chi connectivity index (χ1v) is 7.44. The van der Waals surface area contributed by atoms with E-state index in [1.807, 2.05) is 24.3 Å². The van der Waals surface area contributed by atoms with E-state index in [9.17, 15) is 0 Å². The summed E-state index contributed by atoms with van der Waals surface area (Å²) < 4.78 is 0. The molecule has 2 unspecified atom stereocenters. The first-order chi connectivity index (χ1) is 9.58. The van der Waals surface area contributed by atoms with Crippen molar-refractivity contribution in [3.05, 3.63) is 69.2 Å². The second-order valence-corrected chi connectivity index (χ2v) is 6.12. The fourth-order valence-electron chi connectivity index (χ4n) is 2.94. The molecule has 0 fully saturated rings. The summed E-state index contributed by atoms with van der Waals surface area (Å²) in [6.07, 6.45) is 0.746. The van der Waals surface area contributed by atoms with Gasteiger partial charge in [-0.2, -0.15) is 0 Å². The molecule has 0 bridgehead atoms. The lowest BCUT2D eigenvalue weighted by Gasteiger charge is -2.31. The molecular weight excluding hydrogens is 289 g/mol. The highest BCUT2D eigenvalue weighted by Gasteiger charge is 2.29. The SMILES string of the molecule is CC1C(=N)CC(c2ccc(Cl)c(Cl)c2)c2ccccc21. The quantitative estimate of drug-likeness (QED) is 0.703. The Morgan fingerprint density at radius 1 is 1.00 bits per heavy atom. The van der Waals surface area contributed by atoms with Crippen molar-refractivity contribution in [3.8, 4) is 0 Å². The first-order valence-electron chi connectivity index (χ1n) is 6.69. The van der Waals surface area contributed by atoms with Crippen molar-refractivity contribution >= 4 is 28.9 Å². The van der Waals surface area contributed by atoms with Gasteiger partial charge in [-0.3, -0.25) is 0 Å². The fourth-order valence-corrected chi connectivity index (χ4v) is 3.25. The Hall–Kier alpha value is -1.31. The number of halogens is 2. The zero-order valence-electron chi connectivity index (χ0n) is 11.2. The Labute approximate surface area is 129 Å². The van der Waals surface area contributed by atoms with Gasteiger partial charge in [-0.25, -0.2) is 0 Å². The van der Waals surface area contributed by atoms with Gasteiger partial charge in [0, 0.05) is 17.5 Å². The Morgan fingerprint density at radius 3 is 2.40 bits per heavy atom. The second kappa shape index (κ2) is 5.23. The van der Waals surface area contributed by atoms with E-state index in [0.717, 1.165) is 17.7 Å². The summed E-state index contributed by atoms with van der Waals surface area (Å²) in [6, 6.07) is 14.2. The molecule has 2 aromatic rings. The monoisotopic (exact) mass is 303 g/mol. The standard InChI is InChI=1S/C17H15Cl2N/c1-10-12-4-2-3-5-13(12)14(9-17(10)20)11-6-7-15(18)16(19)8-11/h2-8,10,14,20H,9H2,1H3. The Bertz CT molecular complexity index is 678. The maximum Gasteiger partial charge on any atom is 0.0595 e. The van der Waals surface area contributed by atoms with Crippen LogP contribution in [0.4, 0.5) is 0 Å². The zero-order valence-corrected chi connectivity index (χ0v) is 12.7. The molecule has 0 spiro atoms. The van der Waals surface area contributed by atoms with E-state index in [1.165, 1.54) is 11.1 Å². The predicted molar refractivity (Wildman–Crippen MR) is 85.5 cm³/mol. The van der Waals surface area contributed by atoms with E-state index in [1.54, 1.807) is 0 Å². The highest BCUT2D eigenvalue weighted by Crippen LogP contribution is 2.41. The van der Waals surface area contributed by atoms with Crippen LogP contribution in [0.2, 0.25) is 10.0 Å². The van der Waals surface area contributed by atoms with Gasteiger partial charge >= 0.3 is 0 Å². The number of rotatable bonds is 1. The molecule has 0 amide bonds. The molecule has 0 heterocycles. The average molecular weight is 304 g/mol. The zero-order chi connectivity index (χ0) is 14.3. The summed E-state index contributed by atoms with van der Waals surface area (Å²) in [6.45, 7) is 2.10. The molecule has 0 radical (unpaired) electrons. The molecule has 3 heteroatoms. The summed E-state index contributed by atoms with van der Waals surface area (Å²) in [5.41, 5.74) is 4.46. The van der Waals surface area contributed by atoms with Crippen LogP contribution in [0.1, 0.15) is 41.9 Å². The molecule has 0 aliphatic heterocycles. The minimum Gasteiger partial charge on any atom is -0.309 e. The van der Waals surface area contributed by atoms with Crippen molar-refractivity contribution in [1.29, 1.82) is 5.41 Å². The normalized spacial score (nSPS) is 21.6. The van der Waals surface area contributed by atoms with E-state index >= 15 is 0 Å². The van der Waals surface area contributed by atoms with Gasteiger partial charge in [0.2, 0.25) is 0 Å². The number of hydrogen-bond donors (Lipinski definition) is 1. The topological polar surface area (TPSA) is 23.9 Å². The molecule has 1 N–H and O–H groups in total. The molecule has 1 nitrogen and oxygen atoms in total. The maximum absolute atomic E-state index is 8.24. The lowest BCUT2D eigenvalue weighted by atomic mass is 9.73. The predicted octanol–water partition coefficient (Wildman–Crippen LogP) is 5.65.